The lowest BCUT2D eigenvalue weighted by atomic mass is 10.0. The summed E-state index contributed by atoms with van der Waals surface area (Å²) in [7, 11) is -3.95. The Balaban J connectivity index is 1.49. The number of H-pyrrole nitrogens is 1. The molecule has 35 heavy (non-hydrogen) atoms. The molecule has 2 unspecified atom stereocenters. The van der Waals surface area contributed by atoms with Crippen molar-refractivity contribution >= 4 is 33.2 Å². The van der Waals surface area contributed by atoms with E-state index in [1.807, 2.05) is 0 Å². The van der Waals surface area contributed by atoms with Gasteiger partial charge >= 0.3 is 6.18 Å². The second-order valence-corrected chi connectivity index (χ2v) is 11.5. The van der Waals surface area contributed by atoms with Crippen LogP contribution in [0.15, 0.2) is 47.5 Å². The third-order valence-electron chi connectivity index (χ3n) is 6.56. The van der Waals surface area contributed by atoms with Crippen molar-refractivity contribution in [1.29, 1.82) is 0 Å². The van der Waals surface area contributed by atoms with Crippen molar-refractivity contribution in [1.82, 2.24) is 14.3 Å². The Kier molecular flexibility index (Phi) is 6.16. The molecule has 2 aromatic carbocycles. The minimum Gasteiger partial charge on any atom is -0.393 e. The Morgan fingerprint density at radius 3 is 2.29 bits per heavy atom. The molecule has 0 amide bonds. The lowest BCUT2D eigenvalue weighted by Gasteiger charge is -2.36. The maximum atomic E-state index is 13.6. The molecular formula is C23H20Cl2F3N3O3S. The summed E-state index contributed by atoms with van der Waals surface area (Å²) in [6, 6.07) is 7.42. The van der Waals surface area contributed by atoms with E-state index in [0.717, 1.165) is 12.1 Å². The van der Waals surface area contributed by atoms with Crippen LogP contribution in [0.5, 0.6) is 0 Å². The van der Waals surface area contributed by atoms with E-state index in [1.165, 1.54) is 28.7 Å². The van der Waals surface area contributed by atoms with Gasteiger partial charge in [-0.2, -0.15) is 17.5 Å². The Morgan fingerprint density at radius 2 is 1.63 bits per heavy atom. The summed E-state index contributed by atoms with van der Waals surface area (Å²) in [4.78, 5) is 7.12. The van der Waals surface area contributed by atoms with Gasteiger partial charge in [0, 0.05) is 23.2 Å². The van der Waals surface area contributed by atoms with E-state index in [0.29, 0.717) is 36.9 Å². The number of aliphatic hydroxyl groups excluding tert-OH is 1. The van der Waals surface area contributed by atoms with Crippen LogP contribution in [-0.4, -0.2) is 46.0 Å². The highest BCUT2D eigenvalue weighted by molar-refractivity contribution is 7.89. The second-order valence-electron chi connectivity index (χ2n) is 8.83. The monoisotopic (exact) mass is 545 g/mol. The first-order valence-electron chi connectivity index (χ1n) is 10.9. The Labute approximate surface area is 209 Å². The molecule has 0 aliphatic carbocycles. The Morgan fingerprint density at radius 1 is 1.00 bits per heavy atom. The minimum atomic E-state index is -4.61. The zero-order chi connectivity index (χ0) is 25.1. The fraction of sp³-hybridized carbons (Fsp3) is 0.348. The molecule has 2 N–H and O–H groups in total. The second kappa shape index (κ2) is 8.77. The van der Waals surface area contributed by atoms with Crippen LogP contribution in [0, 0.1) is 0 Å². The van der Waals surface area contributed by atoms with Gasteiger partial charge in [0.1, 0.15) is 10.7 Å². The van der Waals surface area contributed by atoms with Crippen molar-refractivity contribution in [2.75, 3.05) is 0 Å². The van der Waals surface area contributed by atoms with Gasteiger partial charge in [0.25, 0.3) is 0 Å². The van der Waals surface area contributed by atoms with Gasteiger partial charge in [-0.05, 0) is 56.0 Å². The predicted octanol–water partition coefficient (Wildman–Crippen LogP) is 5.75. The first kappa shape index (κ1) is 24.6. The number of halogens is 5. The summed E-state index contributed by atoms with van der Waals surface area (Å²) in [6.45, 7) is 0. The zero-order valence-electron chi connectivity index (χ0n) is 18.1. The van der Waals surface area contributed by atoms with Crippen LogP contribution in [0.4, 0.5) is 13.2 Å². The number of sulfonamides is 1. The summed E-state index contributed by atoms with van der Waals surface area (Å²) >= 11 is 12.0. The molecule has 0 spiro atoms. The van der Waals surface area contributed by atoms with E-state index in [1.54, 1.807) is 6.07 Å². The molecule has 1 aromatic heterocycles. The molecule has 2 aliphatic heterocycles. The number of aliphatic hydroxyl groups is 1. The number of fused-ring (bicyclic) bond motifs is 2. The lowest BCUT2D eigenvalue weighted by Crippen LogP contribution is -2.47. The maximum Gasteiger partial charge on any atom is 0.417 e. The average molecular weight is 546 g/mol. The van der Waals surface area contributed by atoms with Crippen LogP contribution in [0.2, 0.25) is 10.0 Å². The molecule has 3 heterocycles. The number of alkyl halides is 3. The number of piperidine rings is 1. The van der Waals surface area contributed by atoms with E-state index in [9.17, 15) is 26.7 Å². The number of aromatic amines is 1. The number of hydrogen-bond donors (Lipinski definition) is 2. The van der Waals surface area contributed by atoms with E-state index in [2.05, 4.69) is 9.97 Å². The van der Waals surface area contributed by atoms with Gasteiger partial charge in [-0.15, -0.1) is 0 Å². The molecule has 0 radical (unpaired) electrons. The van der Waals surface area contributed by atoms with E-state index >= 15 is 0 Å². The predicted molar refractivity (Wildman–Crippen MR) is 126 cm³/mol. The van der Waals surface area contributed by atoms with Crippen LogP contribution < -0.4 is 0 Å². The molecule has 2 saturated heterocycles. The summed E-state index contributed by atoms with van der Waals surface area (Å²) in [6.07, 6.45) is -1.63. The number of nitrogens with zero attached hydrogens (tertiary/aromatic N) is 2. The van der Waals surface area contributed by atoms with Crippen LogP contribution >= 0.6 is 23.2 Å². The molecule has 3 atom stereocenters. The van der Waals surface area contributed by atoms with Crippen LogP contribution in [0.25, 0.3) is 22.6 Å². The van der Waals surface area contributed by atoms with Gasteiger partial charge in [0.15, 0.2) is 0 Å². The number of hydrogen-bond acceptors (Lipinski definition) is 4. The molecule has 186 valence electrons. The van der Waals surface area contributed by atoms with Gasteiger partial charge in [-0.3, -0.25) is 0 Å². The highest BCUT2D eigenvalue weighted by Gasteiger charge is 2.47. The largest absolute Gasteiger partial charge is 0.417 e. The minimum absolute atomic E-state index is 0.0542. The smallest absolute Gasteiger partial charge is 0.393 e. The normalized spacial score (nSPS) is 23.1. The van der Waals surface area contributed by atoms with Crippen molar-refractivity contribution < 1.29 is 26.7 Å². The number of imidazole rings is 1. The third-order valence-corrected chi connectivity index (χ3v) is 9.38. The molecule has 2 bridgehead atoms. The Bertz CT molecular complexity index is 1380. The molecule has 2 aliphatic rings. The average Bonchev–Trinajstić information content (AvgIpc) is 3.37. The lowest BCUT2D eigenvalue weighted by molar-refractivity contribution is -0.137. The van der Waals surface area contributed by atoms with Gasteiger partial charge < -0.3 is 10.1 Å². The molecule has 0 saturated carbocycles. The number of nitrogens with one attached hydrogen (secondary N) is 1. The maximum absolute atomic E-state index is 13.6. The molecular weight excluding hydrogens is 526 g/mol. The molecule has 12 heteroatoms. The topological polar surface area (TPSA) is 86.3 Å². The van der Waals surface area contributed by atoms with Crippen molar-refractivity contribution in [3.05, 3.63) is 58.2 Å². The van der Waals surface area contributed by atoms with Crippen molar-refractivity contribution in [2.45, 2.75) is 54.9 Å². The van der Waals surface area contributed by atoms with E-state index in [4.69, 9.17) is 23.2 Å². The van der Waals surface area contributed by atoms with Crippen molar-refractivity contribution in [3.8, 4) is 22.6 Å². The molecule has 6 nitrogen and oxygen atoms in total. The summed E-state index contributed by atoms with van der Waals surface area (Å²) in [5, 5.41) is 9.68. The summed E-state index contributed by atoms with van der Waals surface area (Å²) < 4.78 is 68.3. The van der Waals surface area contributed by atoms with Crippen LogP contribution in [0.3, 0.4) is 0 Å². The SMILES string of the molecule is O=S(=O)(c1cc(-c2ncc(-c3ccc(Cl)c(C(F)(F)F)c3)[nH]2)ccc1Cl)N1C2CC[C@@H]1CC(O)C2. The van der Waals surface area contributed by atoms with Crippen LogP contribution in [-0.2, 0) is 16.2 Å². The van der Waals surface area contributed by atoms with Crippen LogP contribution in [0.1, 0.15) is 31.2 Å². The summed E-state index contributed by atoms with van der Waals surface area (Å²) in [5.41, 5.74) is -0.0158. The Hall–Kier alpha value is -2.11. The fourth-order valence-corrected chi connectivity index (χ4v) is 7.60. The molecule has 3 aromatic rings. The van der Waals surface area contributed by atoms with Gasteiger partial charge in [-0.25, -0.2) is 13.4 Å². The number of aromatic nitrogens is 2. The highest BCUT2D eigenvalue weighted by Crippen LogP contribution is 2.42. The molecule has 5 rings (SSSR count). The van der Waals surface area contributed by atoms with Crippen molar-refractivity contribution in [2.24, 2.45) is 0 Å². The highest BCUT2D eigenvalue weighted by atomic mass is 35.5. The third kappa shape index (κ3) is 4.46. The quantitative estimate of drug-likeness (QED) is 0.437. The molecule has 2 fully saturated rings. The van der Waals surface area contributed by atoms with Gasteiger partial charge in [-0.1, -0.05) is 29.3 Å². The van der Waals surface area contributed by atoms with E-state index in [-0.39, 0.29) is 33.4 Å². The number of benzene rings is 2. The fourth-order valence-electron chi connectivity index (χ4n) is 4.98. The first-order chi connectivity index (χ1) is 16.4. The zero-order valence-corrected chi connectivity index (χ0v) is 20.4. The summed E-state index contributed by atoms with van der Waals surface area (Å²) in [5.74, 6) is 0.272. The van der Waals surface area contributed by atoms with E-state index < -0.39 is 32.9 Å². The van der Waals surface area contributed by atoms with Gasteiger partial charge in [0.05, 0.1) is 33.6 Å². The van der Waals surface area contributed by atoms with Crippen molar-refractivity contribution in [3.63, 3.8) is 0 Å². The first-order valence-corrected chi connectivity index (χ1v) is 13.1. The standard InChI is InChI=1S/C23H20Cl2F3N3O3S/c24-18-5-1-12(7-17(18)23(26,27)28)20-11-29-22(30-20)13-2-6-19(25)21(8-13)35(33,34)31-14-3-4-15(31)10-16(32)9-14/h1-2,5-8,11,14-16,32H,3-4,9-10H2,(H,29,30)/t14-,15?,16?/m1/s1. The van der Waals surface area contributed by atoms with Gasteiger partial charge in [0.2, 0.25) is 10.0 Å². The number of rotatable bonds is 4.